The van der Waals surface area contributed by atoms with Crippen LogP contribution in [0.2, 0.25) is 0 Å². The summed E-state index contributed by atoms with van der Waals surface area (Å²) in [5.74, 6) is 0.0862. The molecule has 5 nitrogen and oxygen atoms in total. The number of amides is 1. The van der Waals surface area contributed by atoms with Crippen molar-refractivity contribution in [3.63, 3.8) is 0 Å². The number of halogens is 1. The van der Waals surface area contributed by atoms with Crippen LogP contribution < -0.4 is 5.32 Å². The highest BCUT2D eigenvalue weighted by Gasteiger charge is 2.09. The number of carbonyl (C=O) groups excluding carboxylic acids is 1. The van der Waals surface area contributed by atoms with Gasteiger partial charge >= 0.3 is 0 Å². The highest BCUT2D eigenvalue weighted by Crippen LogP contribution is 2.00. The van der Waals surface area contributed by atoms with E-state index < -0.39 is 5.38 Å². The summed E-state index contributed by atoms with van der Waals surface area (Å²) in [5, 5.41) is 11.4. The molecule has 0 saturated heterocycles. The predicted molar refractivity (Wildman–Crippen MR) is 40.3 cm³/mol. The monoisotopic (exact) mass is 174 g/mol. The van der Waals surface area contributed by atoms with E-state index in [1.165, 1.54) is 6.20 Å². The number of hydrogen-bond donors (Lipinski definition) is 2. The van der Waals surface area contributed by atoms with Gasteiger partial charge in [-0.25, -0.2) is 0 Å². The van der Waals surface area contributed by atoms with Crippen LogP contribution in [0.4, 0.5) is 5.82 Å². The first-order chi connectivity index (χ1) is 5.20. The zero-order valence-electron chi connectivity index (χ0n) is 5.84. The van der Waals surface area contributed by atoms with E-state index in [0.29, 0.717) is 5.82 Å². The van der Waals surface area contributed by atoms with Gasteiger partial charge in [-0.2, -0.15) is 10.3 Å². The molecule has 0 spiro atoms. The number of aromatic amines is 1. The Balaban J connectivity index is 2.50. The normalized spacial score (nSPS) is 12.5. The first-order valence-electron chi connectivity index (χ1n) is 3.01. The van der Waals surface area contributed by atoms with Crippen LogP contribution in [0, 0.1) is 0 Å². The minimum Gasteiger partial charge on any atom is -0.307 e. The van der Waals surface area contributed by atoms with Crippen molar-refractivity contribution in [1.82, 2.24) is 15.4 Å². The Morgan fingerprint density at radius 3 is 3.09 bits per heavy atom. The summed E-state index contributed by atoms with van der Waals surface area (Å²) in [7, 11) is 0. The molecule has 0 aliphatic carbocycles. The Labute approximate surface area is 68.1 Å². The van der Waals surface area contributed by atoms with Gasteiger partial charge in [-0.1, -0.05) is 0 Å². The van der Waals surface area contributed by atoms with E-state index in [9.17, 15) is 4.79 Å². The summed E-state index contributed by atoms with van der Waals surface area (Å²) >= 11 is 5.47. The zero-order chi connectivity index (χ0) is 8.27. The van der Waals surface area contributed by atoms with Crippen molar-refractivity contribution < 1.29 is 4.79 Å². The maximum atomic E-state index is 10.9. The van der Waals surface area contributed by atoms with Gasteiger partial charge in [0.1, 0.15) is 5.38 Å². The van der Waals surface area contributed by atoms with Crippen LogP contribution in [0.1, 0.15) is 6.92 Å². The van der Waals surface area contributed by atoms with Crippen molar-refractivity contribution in [3.8, 4) is 0 Å². The average Bonchev–Trinajstić information content (AvgIpc) is 2.39. The van der Waals surface area contributed by atoms with Gasteiger partial charge in [-0.3, -0.25) is 4.79 Å². The van der Waals surface area contributed by atoms with Gasteiger partial charge < -0.3 is 5.32 Å². The minimum absolute atomic E-state index is 0.291. The van der Waals surface area contributed by atoms with Crippen LogP contribution in [0.3, 0.4) is 0 Å². The van der Waals surface area contributed by atoms with Crippen molar-refractivity contribution in [3.05, 3.63) is 6.20 Å². The van der Waals surface area contributed by atoms with Crippen molar-refractivity contribution in [1.29, 1.82) is 0 Å². The van der Waals surface area contributed by atoms with Crippen LogP contribution in [0.15, 0.2) is 6.20 Å². The van der Waals surface area contributed by atoms with E-state index in [2.05, 4.69) is 20.7 Å². The van der Waals surface area contributed by atoms with Crippen LogP contribution in [0.5, 0.6) is 0 Å². The Hall–Kier alpha value is -1.10. The van der Waals surface area contributed by atoms with Crippen LogP contribution in [-0.2, 0) is 4.79 Å². The number of H-pyrrole nitrogens is 1. The third-order valence-corrected chi connectivity index (χ3v) is 1.23. The summed E-state index contributed by atoms with van der Waals surface area (Å²) in [5.41, 5.74) is 0. The van der Waals surface area contributed by atoms with Gasteiger partial charge in [0.05, 0.1) is 6.20 Å². The SMILES string of the molecule is CC(Cl)C(=O)Nc1cn[nH]n1. The quantitative estimate of drug-likeness (QED) is 0.637. The molecule has 1 aromatic heterocycles. The lowest BCUT2D eigenvalue weighted by atomic mass is 10.4. The number of hydrogen-bond acceptors (Lipinski definition) is 3. The van der Waals surface area contributed by atoms with E-state index in [0.717, 1.165) is 0 Å². The summed E-state index contributed by atoms with van der Waals surface area (Å²) in [4.78, 5) is 10.9. The molecular weight excluding hydrogens is 168 g/mol. The third-order valence-electron chi connectivity index (χ3n) is 1.03. The molecule has 0 aliphatic heterocycles. The Kier molecular flexibility index (Phi) is 2.43. The second-order valence-corrected chi connectivity index (χ2v) is 2.62. The van der Waals surface area contributed by atoms with E-state index in [-0.39, 0.29) is 5.91 Å². The molecule has 1 unspecified atom stereocenters. The summed E-state index contributed by atoms with van der Waals surface area (Å²) in [6.07, 6.45) is 1.40. The van der Waals surface area contributed by atoms with E-state index in [4.69, 9.17) is 11.6 Å². The average molecular weight is 175 g/mol. The Morgan fingerprint density at radius 2 is 2.64 bits per heavy atom. The lowest BCUT2D eigenvalue weighted by molar-refractivity contribution is -0.115. The second-order valence-electron chi connectivity index (χ2n) is 1.96. The number of nitrogens with zero attached hydrogens (tertiary/aromatic N) is 2. The maximum absolute atomic E-state index is 10.9. The molecule has 1 amide bonds. The summed E-state index contributed by atoms with van der Waals surface area (Å²) in [6, 6.07) is 0. The van der Waals surface area contributed by atoms with Crippen LogP contribution >= 0.6 is 11.6 Å². The molecule has 60 valence electrons. The fourth-order valence-electron chi connectivity index (χ4n) is 0.488. The molecule has 1 heterocycles. The summed E-state index contributed by atoms with van der Waals surface area (Å²) in [6.45, 7) is 1.58. The maximum Gasteiger partial charge on any atom is 0.243 e. The fourth-order valence-corrected chi connectivity index (χ4v) is 0.542. The zero-order valence-corrected chi connectivity index (χ0v) is 6.59. The van der Waals surface area contributed by atoms with E-state index >= 15 is 0 Å². The molecule has 11 heavy (non-hydrogen) atoms. The first kappa shape index (κ1) is 8.00. The molecular formula is C5H7ClN4O. The molecule has 0 bridgehead atoms. The van der Waals surface area contributed by atoms with Gasteiger partial charge in [-0.05, 0) is 6.92 Å². The molecule has 0 saturated carbocycles. The smallest absolute Gasteiger partial charge is 0.243 e. The highest BCUT2D eigenvalue weighted by atomic mass is 35.5. The number of rotatable bonds is 2. The van der Waals surface area contributed by atoms with Crippen molar-refractivity contribution >= 4 is 23.3 Å². The standard InChI is InChI=1S/C5H7ClN4O/c1-3(6)5(11)8-4-2-7-10-9-4/h2-3H,1H3,(H2,7,8,9,10,11). The first-order valence-corrected chi connectivity index (χ1v) is 3.44. The van der Waals surface area contributed by atoms with Gasteiger partial charge in [0.2, 0.25) is 5.91 Å². The Morgan fingerprint density at radius 1 is 1.91 bits per heavy atom. The molecule has 0 radical (unpaired) electrons. The van der Waals surface area contributed by atoms with Gasteiger partial charge in [0.15, 0.2) is 5.82 Å². The minimum atomic E-state index is -0.563. The number of aromatic nitrogens is 3. The van der Waals surface area contributed by atoms with E-state index in [1.807, 2.05) is 0 Å². The predicted octanol–water partition coefficient (Wildman–Crippen LogP) is 0.370. The highest BCUT2D eigenvalue weighted by molar-refractivity contribution is 6.32. The molecule has 0 aromatic carbocycles. The van der Waals surface area contributed by atoms with Crippen LogP contribution in [-0.4, -0.2) is 26.7 Å². The summed E-state index contributed by atoms with van der Waals surface area (Å²) < 4.78 is 0. The second kappa shape index (κ2) is 3.34. The molecule has 6 heteroatoms. The van der Waals surface area contributed by atoms with Gasteiger partial charge in [-0.15, -0.1) is 16.7 Å². The largest absolute Gasteiger partial charge is 0.307 e. The lowest BCUT2D eigenvalue weighted by Crippen LogP contribution is -2.20. The van der Waals surface area contributed by atoms with Crippen molar-refractivity contribution in [2.75, 3.05) is 5.32 Å². The number of nitrogens with one attached hydrogen (secondary N) is 2. The fraction of sp³-hybridized carbons (Fsp3) is 0.400. The lowest BCUT2D eigenvalue weighted by Gasteiger charge is -2.00. The van der Waals surface area contributed by atoms with Crippen LogP contribution in [0.25, 0.3) is 0 Å². The molecule has 0 aliphatic rings. The van der Waals surface area contributed by atoms with Crippen molar-refractivity contribution in [2.24, 2.45) is 0 Å². The van der Waals surface area contributed by atoms with Gasteiger partial charge in [0.25, 0.3) is 0 Å². The topological polar surface area (TPSA) is 70.7 Å². The van der Waals surface area contributed by atoms with Crippen molar-refractivity contribution in [2.45, 2.75) is 12.3 Å². The Bertz CT molecular complexity index is 233. The number of anilines is 1. The molecule has 1 atom stereocenters. The molecule has 2 N–H and O–H groups in total. The molecule has 1 aromatic rings. The number of alkyl halides is 1. The van der Waals surface area contributed by atoms with Gasteiger partial charge in [0, 0.05) is 0 Å². The van der Waals surface area contributed by atoms with E-state index in [1.54, 1.807) is 6.92 Å². The molecule has 0 fully saturated rings. The number of carbonyl (C=O) groups is 1. The molecule has 1 rings (SSSR count). The third kappa shape index (κ3) is 2.19.